The summed E-state index contributed by atoms with van der Waals surface area (Å²) in [6, 6.07) is -0.896. The van der Waals surface area contributed by atoms with Crippen molar-refractivity contribution in [3.8, 4) is 0 Å². The molecule has 1 rings (SSSR count). The van der Waals surface area contributed by atoms with E-state index in [1.807, 2.05) is 0 Å². The van der Waals surface area contributed by atoms with Crippen LogP contribution >= 0.6 is 0 Å². The van der Waals surface area contributed by atoms with E-state index in [0.717, 1.165) is 32.1 Å². The number of aliphatic carboxylic acids is 1. The molecule has 0 heterocycles. The second-order valence-electron chi connectivity index (χ2n) is 7.87. The molecule has 3 N–H and O–H groups in total. The van der Waals surface area contributed by atoms with E-state index in [0.29, 0.717) is 0 Å². The van der Waals surface area contributed by atoms with Gasteiger partial charge in [-0.2, -0.15) is 0 Å². The Kier molecular flexibility index (Phi) is 9.21. The molecule has 9 heteroatoms. The number of carboxylic acids is 1. The molecule has 28 heavy (non-hydrogen) atoms. The van der Waals surface area contributed by atoms with Gasteiger partial charge in [0.1, 0.15) is 6.04 Å². The Morgan fingerprint density at radius 1 is 1.07 bits per heavy atom. The van der Waals surface area contributed by atoms with Crippen LogP contribution in [0, 0.1) is 23.2 Å². The van der Waals surface area contributed by atoms with E-state index in [1.54, 1.807) is 27.7 Å². The smallest absolute Gasteiger partial charge is 0.417 e. The van der Waals surface area contributed by atoms with Gasteiger partial charge in [0, 0.05) is 13.0 Å². The van der Waals surface area contributed by atoms with Crippen molar-refractivity contribution in [2.24, 2.45) is 17.8 Å². The summed E-state index contributed by atoms with van der Waals surface area (Å²) in [5.74, 6) is -2.63. The minimum atomic E-state index is -1.10. The van der Waals surface area contributed by atoms with E-state index >= 15 is 0 Å². The molecule has 0 aliphatic heterocycles. The molecule has 0 spiro atoms. The molecule has 0 aromatic heterocycles. The van der Waals surface area contributed by atoms with Gasteiger partial charge in [-0.15, -0.1) is 0 Å². The standard InChI is InChI=1S/C19H33N3O6/c1-11(2)16(25)27-17(12(3)4)28-19(26)21-18(20)22(5)14(15(23)24)13-9-7-6-8-10-13/h11-14,17H,6-10H2,1-5H3,(H,23,24)(H2,20,21,26). The fraction of sp³-hybridized carbons (Fsp3) is 0.789. The van der Waals surface area contributed by atoms with Gasteiger partial charge in [0.15, 0.2) is 0 Å². The van der Waals surface area contributed by atoms with Crippen molar-refractivity contribution in [2.45, 2.75) is 72.1 Å². The van der Waals surface area contributed by atoms with E-state index in [2.05, 4.69) is 5.32 Å². The SMILES string of the molecule is CC(C)C(=O)OC(OC(=O)NC(=N)N(C)C(C(=O)O)C1CCCCC1)C(C)C. The van der Waals surface area contributed by atoms with Crippen LogP contribution in [0.15, 0.2) is 0 Å². The lowest BCUT2D eigenvalue weighted by Gasteiger charge is -2.34. The third-order valence-electron chi connectivity index (χ3n) is 4.81. The van der Waals surface area contributed by atoms with Crippen LogP contribution in [0.2, 0.25) is 0 Å². The number of carbonyl (C=O) groups is 3. The van der Waals surface area contributed by atoms with Gasteiger partial charge in [0.2, 0.25) is 5.96 Å². The van der Waals surface area contributed by atoms with Crippen LogP contribution in [0.1, 0.15) is 59.8 Å². The number of rotatable bonds is 7. The maximum atomic E-state index is 12.2. The summed E-state index contributed by atoms with van der Waals surface area (Å²) in [4.78, 5) is 36.9. The Morgan fingerprint density at radius 3 is 2.11 bits per heavy atom. The number of alkyl carbamates (subject to hydrolysis) is 1. The number of nitrogens with one attached hydrogen (secondary N) is 2. The lowest BCUT2D eigenvalue weighted by Crippen LogP contribution is -2.53. The molecule has 0 aromatic rings. The van der Waals surface area contributed by atoms with Crippen LogP contribution in [0.3, 0.4) is 0 Å². The first kappa shape index (κ1) is 23.7. The van der Waals surface area contributed by atoms with Crippen LogP contribution < -0.4 is 5.32 Å². The topological polar surface area (TPSA) is 129 Å². The van der Waals surface area contributed by atoms with Crippen LogP contribution in [0.4, 0.5) is 4.79 Å². The maximum absolute atomic E-state index is 12.2. The molecule has 9 nitrogen and oxygen atoms in total. The summed E-state index contributed by atoms with van der Waals surface area (Å²) in [6.45, 7) is 6.79. The molecular weight excluding hydrogens is 366 g/mol. The molecule has 2 atom stereocenters. The summed E-state index contributed by atoms with van der Waals surface area (Å²) in [6.07, 6.45) is 2.49. The molecule has 1 aliphatic carbocycles. The first-order valence-electron chi connectivity index (χ1n) is 9.76. The van der Waals surface area contributed by atoms with Gasteiger partial charge in [0.25, 0.3) is 6.29 Å². The fourth-order valence-electron chi connectivity index (χ4n) is 3.14. The Labute approximate surface area is 166 Å². The Balaban J connectivity index is 2.70. The number of carbonyl (C=O) groups excluding carboxylic acids is 2. The van der Waals surface area contributed by atoms with Crippen LogP contribution in [-0.4, -0.2) is 53.4 Å². The number of carboxylic acid groups (broad SMARTS) is 1. The zero-order chi connectivity index (χ0) is 21.4. The van der Waals surface area contributed by atoms with Gasteiger partial charge >= 0.3 is 18.0 Å². The van der Waals surface area contributed by atoms with Gasteiger partial charge < -0.3 is 19.5 Å². The first-order chi connectivity index (χ1) is 13.0. The molecule has 1 aliphatic rings. The Hall–Kier alpha value is -2.32. The van der Waals surface area contributed by atoms with Gasteiger partial charge in [-0.3, -0.25) is 15.5 Å². The number of esters is 1. The van der Waals surface area contributed by atoms with Gasteiger partial charge in [-0.1, -0.05) is 47.0 Å². The predicted molar refractivity (Wildman–Crippen MR) is 103 cm³/mol. The van der Waals surface area contributed by atoms with Crippen LogP contribution in [0.25, 0.3) is 0 Å². The molecular formula is C19H33N3O6. The third-order valence-corrected chi connectivity index (χ3v) is 4.81. The number of nitrogens with zero attached hydrogens (tertiary/aromatic N) is 1. The molecule has 1 fully saturated rings. The number of amides is 1. The highest BCUT2D eigenvalue weighted by atomic mass is 16.7. The largest absolute Gasteiger partial charge is 0.480 e. The van der Waals surface area contributed by atoms with Gasteiger partial charge in [0.05, 0.1) is 5.92 Å². The first-order valence-corrected chi connectivity index (χ1v) is 9.76. The molecule has 1 amide bonds. The summed E-state index contributed by atoms with van der Waals surface area (Å²) < 4.78 is 10.3. The van der Waals surface area contributed by atoms with Gasteiger partial charge in [-0.05, 0) is 18.8 Å². The zero-order valence-corrected chi connectivity index (χ0v) is 17.4. The molecule has 1 saturated carbocycles. The van der Waals surface area contributed by atoms with Crippen LogP contribution in [-0.2, 0) is 19.1 Å². The minimum absolute atomic E-state index is 0.0789. The van der Waals surface area contributed by atoms with Gasteiger partial charge in [-0.25, -0.2) is 9.59 Å². The molecule has 0 radical (unpaired) electrons. The van der Waals surface area contributed by atoms with Crippen molar-refractivity contribution in [1.82, 2.24) is 10.2 Å². The zero-order valence-electron chi connectivity index (χ0n) is 17.4. The predicted octanol–water partition coefficient (Wildman–Crippen LogP) is 2.79. The molecule has 0 aromatic carbocycles. The summed E-state index contributed by atoms with van der Waals surface area (Å²) >= 11 is 0. The normalized spacial score (nSPS) is 17.0. The van der Waals surface area contributed by atoms with E-state index in [9.17, 15) is 19.5 Å². The monoisotopic (exact) mass is 399 g/mol. The Morgan fingerprint density at radius 2 is 1.64 bits per heavy atom. The second-order valence-corrected chi connectivity index (χ2v) is 7.87. The number of hydrogen-bond donors (Lipinski definition) is 3. The van der Waals surface area contributed by atoms with Crippen molar-refractivity contribution in [2.75, 3.05) is 7.05 Å². The highest BCUT2D eigenvalue weighted by Gasteiger charge is 2.35. The number of ether oxygens (including phenoxy) is 2. The highest BCUT2D eigenvalue weighted by Crippen LogP contribution is 2.28. The van der Waals surface area contributed by atoms with E-state index < -0.39 is 30.4 Å². The summed E-state index contributed by atoms with van der Waals surface area (Å²) in [7, 11) is 1.47. The number of guanidine groups is 1. The number of likely N-dealkylation sites (N-methyl/N-ethyl adjacent to an activating group) is 1. The van der Waals surface area contributed by atoms with E-state index in [-0.39, 0.29) is 23.7 Å². The van der Waals surface area contributed by atoms with Crippen molar-refractivity contribution in [3.05, 3.63) is 0 Å². The van der Waals surface area contributed by atoms with E-state index in [4.69, 9.17) is 14.9 Å². The molecule has 2 unspecified atom stereocenters. The van der Waals surface area contributed by atoms with Crippen molar-refractivity contribution < 1.29 is 29.0 Å². The quantitative estimate of drug-likeness (QED) is 0.260. The van der Waals surface area contributed by atoms with Crippen LogP contribution in [0.5, 0.6) is 0 Å². The van der Waals surface area contributed by atoms with Crippen molar-refractivity contribution >= 4 is 24.0 Å². The number of hydrogen-bond acceptors (Lipinski definition) is 6. The molecule has 160 valence electrons. The molecule has 0 saturated heterocycles. The summed E-state index contributed by atoms with van der Waals surface area (Å²) in [5.41, 5.74) is 0. The Bertz CT molecular complexity index is 572. The average molecular weight is 399 g/mol. The van der Waals surface area contributed by atoms with Crippen molar-refractivity contribution in [3.63, 3.8) is 0 Å². The highest BCUT2D eigenvalue weighted by molar-refractivity contribution is 5.94. The lowest BCUT2D eigenvalue weighted by atomic mass is 9.83. The average Bonchev–Trinajstić information content (AvgIpc) is 2.61. The van der Waals surface area contributed by atoms with E-state index in [1.165, 1.54) is 11.9 Å². The van der Waals surface area contributed by atoms with Crippen molar-refractivity contribution in [1.29, 1.82) is 5.41 Å². The maximum Gasteiger partial charge on any atom is 0.417 e. The lowest BCUT2D eigenvalue weighted by molar-refractivity contribution is -0.178. The molecule has 0 bridgehead atoms. The summed E-state index contributed by atoms with van der Waals surface area (Å²) in [5, 5.41) is 19.9. The fourth-order valence-corrected chi connectivity index (χ4v) is 3.14. The minimum Gasteiger partial charge on any atom is -0.480 e. The second kappa shape index (κ2) is 10.9. The third kappa shape index (κ3) is 7.01.